The summed E-state index contributed by atoms with van der Waals surface area (Å²) in [7, 11) is 0. The molecule has 25 heavy (non-hydrogen) atoms. The Hall–Kier alpha value is -3.28. The molecule has 9 heteroatoms. The predicted molar refractivity (Wildman–Crippen MR) is 89.7 cm³/mol. The number of amides is 1. The van der Waals surface area contributed by atoms with Gasteiger partial charge in [0.25, 0.3) is 11.2 Å². The van der Waals surface area contributed by atoms with Crippen molar-refractivity contribution >= 4 is 22.5 Å². The minimum Gasteiger partial charge on any atom is -0.336 e. The molecule has 1 unspecified atom stereocenters. The van der Waals surface area contributed by atoms with E-state index in [9.17, 15) is 25.0 Å². The molecular formula is C16H17N5O4. The molecule has 1 N–H and O–H groups in total. The number of nitrogens with one attached hydrogen (secondary N) is 1. The summed E-state index contributed by atoms with van der Waals surface area (Å²) in [6.07, 6.45) is 1.16. The molecule has 1 aromatic carbocycles. The zero-order valence-corrected chi connectivity index (χ0v) is 14.0. The molecule has 0 saturated heterocycles. The van der Waals surface area contributed by atoms with Gasteiger partial charge in [0.15, 0.2) is 0 Å². The van der Waals surface area contributed by atoms with Crippen LogP contribution in [0.25, 0.3) is 10.9 Å². The Balaban J connectivity index is 2.31. The van der Waals surface area contributed by atoms with Crippen LogP contribution in [-0.4, -0.2) is 25.9 Å². The molecule has 1 heterocycles. The van der Waals surface area contributed by atoms with Crippen LogP contribution < -0.4 is 10.9 Å². The number of nitriles is 1. The number of fused-ring (bicyclic) bond motifs is 1. The molecule has 130 valence electrons. The van der Waals surface area contributed by atoms with Crippen molar-refractivity contribution in [1.29, 1.82) is 5.26 Å². The van der Waals surface area contributed by atoms with Crippen molar-refractivity contribution in [3.8, 4) is 6.07 Å². The van der Waals surface area contributed by atoms with Crippen molar-refractivity contribution < 1.29 is 9.72 Å². The molecule has 0 saturated carbocycles. The molecule has 0 aliphatic rings. The Morgan fingerprint density at radius 1 is 1.52 bits per heavy atom. The van der Waals surface area contributed by atoms with E-state index >= 15 is 0 Å². The maximum absolute atomic E-state index is 12.4. The maximum atomic E-state index is 12.4. The summed E-state index contributed by atoms with van der Waals surface area (Å²) in [6, 6.07) is 5.78. The number of benzene rings is 1. The Kier molecular flexibility index (Phi) is 4.83. The minimum absolute atomic E-state index is 0.117. The van der Waals surface area contributed by atoms with Crippen LogP contribution in [-0.2, 0) is 11.3 Å². The summed E-state index contributed by atoms with van der Waals surface area (Å²) in [5.41, 5.74) is -1.53. The van der Waals surface area contributed by atoms with Crippen molar-refractivity contribution in [2.75, 3.05) is 0 Å². The van der Waals surface area contributed by atoms with Gasteiger partial charge in [0, 0.05) is 12.1 Å². The van der Waals surface area contributed by atoms with Gasteiger partial charge in [0.1, 0.15) is 12.1 Å². The van der Waals surface area contributed by atoms with Gasteiger partial charge >= 0.3 is 0 Å². The Labute approximate surface area is 143 Å². The zero-order valence-electron chi connectivity index (χ0n) is 14.0. The molecule has 0 aliphatic heterocycles. The minimum atomic E-state index is -1.05. The summed E-state index contributed by atoms with van der Waals surface area (Å²) >= 11 is 0. The first-order valence-electron chi connectivity index (χ1n) is 7.54. The molecule has 9 nitrogen and oxygen atoms in total. The number of nitro groups is 1. The fourth-order valence-electron chi connectivity index (χ4n) is 2.16. The number of nitro benzene ring substituents is 1. The highest BCUT2D eigenvalue weighted by atomic mass is 16.6. The fourth-order valence-corrected chi connectivity index (χ4v) is 2.16. The molecule has 1 atom stereocenters. The highest BCUT2D eigenvalue weighted by Crippen LogP contribution is 2.17. The van der Waals surface area contributed by atoms with E-state index in [1.807, 2.05) is 0 Å². The third-order valence-corrected chi connectivity index (χ3v) is 4.12. The van der Waals surface area contributed by atoms with Crippen molar-refractivity contribution in [1.82, 2.24) is 14.9 Å². The molecule has 2 aromatic rings. The number of carbonyl (C=O) groups excluding carboxylic acids is 1. The molecule has 0 fully saturated rings. The number of carbonyl (C=O) groups is 1. The van der Waals surface area contributed by atoms with Crippen molar-refractivity contribution in [3.63, 3.8) is 0 Å². The van der Waals surface area contributed by atoms with Gasteiger partial charge in [-0.2, -0.15) is 5.26 Å². The first kappa shape index (κ1) is 18.1. The first-order valence-corrected chi connectivity index (χ1v) is 7.54. The largest absolute Gasteiger partial charge is 0.336 e. The maximum Gasteiger partial charge on any atom is 0.271 e. The second-order valence-electron chi connectivity index (χ2n) is 6.15. The van der Waals surface area contributed by atoms with E-state index in [4.69, 9.17) is 0 Å². The summed E-state index contributed by atoms with van der Waals surface area (Å²) in [5, 5.41) is 22.8. The molecule has 1 amide bonds. The number of hydrogen-bond acceptors (Lipinski definition) is 6. The van der Waals surface area contributed by atoms with E-state index in [0.717, 1.165) is 10.9 Å². The lowest BCUT2D eigenvalue weighted by molar-refractivity contribution is -0.384. The average molecular weight is 343 g/mol. The second kappa shape index (κ2) is 6.68. The summed E-state index contributed by atoms with van der Waals surface area (Å²) in [6.45, 7) is 4.92. The van der Waals surface area contributed by atoms with E-state index in [1.165, 1.54) is 18.2 Å². The fraction of sp³-hybridized carbons (Fsp3) is 0.375. The lowest BCUT2D eigenvalue weighted by Crippen LogP contribution is -2.50. The second-order valence-corrected chi connectivity index (χ2v) is 6.15. The number of rotatable bonds is 5. The van der Waals surface area contributed by atoms with Gasteiger partial charge < -0.3 is 5.32 Å². The van der Waals surface area contributed by atoms with Crippen LogP contribution in [0.2, 0.25) is 0 Å². The normalized spacial score (nSPS) is 13.2. The molecule has 2 rings (SSSR count). The molecular weight excluding hydrogens is 326 g/mol. The monoisotopic (exact) mass is 343 g/mol. The number of aromatic nitrogens is 2. The lowest BCUT2D eigenvalue weighted by Gasteiger charge is -2.27. The third kappa shape index (κ3) is 3.63. The topological polar surface area (TPSA) is 131 Å². The van der Waals surface area contributed by atoms with Crippen LogP contribution >= 0.6 is 0 Å². The Morgan fingerprint density at radius 3 is 2.76 bits per heavy atom. The zero-order chi connectivity index (χ0) is 18.8. The van der Waals surface area contributed by atoms with Gasteiger partial charge in [-0.1, -0.05) is 13.8 Å². The molecule has 0 bridgehead atoms. The smallest absolute Gasteiger partial charge is 0.271 e. The number of non-ortho nitro benzene ring substituents is 1. The summed E-state index contributed by atoms with van der Waals surface area (Å²) < 4.78 is 1.10. The lowest BCUT2D eigenvalue weighted by atomic mass is 9.90. The standard InChI is InChI=1S/C16H17N5O4/c1-10(2)16(3,8-17)19-14(22)7-20-9-18-13-6-11(21(24)25)4-5-12(13)15(20)23/h4-6,9-10H,7H2,1-3H3,(H,19,22). The predicted octanol–water partition coefficient (Wildman–Crippen LogP) is 1.36. The van der Waals surface area contributed by atoms with Gasteiger partial charge in [-0.15, -0.1) is 0 Å². The van der Waals surface area contributed by atoms with Crippen molar-refractivity contribution in [2.45, 2.75) is 32.9 Å². The van der Waals surface area contributed by atoms with Crippen LogP contribution in [0.5, 0.6) is 0 Å². The third-order valence-electron chi connectivity index (χ3n) is 4.12. The Morgan fingerprint density at radius 2 is 2.20 bits per heavy atom. The highest BCUT2D eigenvalue weighted by molar-refractivity contribution is 5.81. The molecule has 0 spiro atoms. The molecule has 0 radical (unpaired) electrons. The summed E-state index contributed by atoms with van der Waals surface area (Å²) in [5.74, 6) is -0.614. The highest BCUT2D eigenvalue weighted by Gasteiger charge is 2.30. The molecule has 1 aromatic heterocycles. The van der Waals surface area contributed by atoms with E-state index in [2.05, 4.69) is 16.4 Å². The average Bonchev–Trinajstić information content (AvgIpc) is 2.56. The van der Waals surface area contributed by atoms with Gasteiger partial charge in [-0.05, 0) is 18.9 Å². The molecule has 0 aliphatic carbocycles. The van der Waals surface area contributed by atoms with E-state index in [-0.39, 0.29) is 29.1 Å². The van der Waals surface area contributed by atoms with Crippen LogP contribution in [0.15, 0.2) is 29.3 Å². The number of hydrogen-bond donors (Lipinski definition) is 1. The van der Waals surface area contributed by atoms with E-state index in [1.54, 1.807) is 20.8 Å². The quantitative estimate of drug-likeness (QED) is 0.644. The number of nitrogens with zero attached hydrogens (tertiary/aromatic N) is 4. The van der Waals surface area contributed by atoms with E-state index in [0.29, 0.717) is 0 Å². The van der Waals surface area contributed by atoms with Crippen LogP contribution in [0.1, 0.15) is 20.8 Å². The van der Waals surface area contributed by atoms with Crippen molar-refractivity contribution in [2.24, 2.45) is 5.92 Å². The van der Waals surface area contributed by atoms with Gasteiger partial charge in [-0.25, -0.2) is 4.98 Å². The van der Waals surface area contributed by atoms with Gasteiger partial charge in [0.2, 0.25) is 5.91 Å². The first-order chi connectivity index (χ1) is 11.7. The van der Waals surface area contributed by atoms with Gasteiger partial charge in [-0.3, -0.25) is 24.3 Å². The van der Waals surface area contributed by atoms with Crippen LogP contribution in [0.3, 0.4) is 0 Å². The van der Waals surface area contributed by atoms with Crippen LogP contribution in [0.4, 0.5) is 5.69 Å². The van der Waals surface area contributed by atoms with E-state index < -0.39 is 21.9 Å². The summed E-state index contributed by atoms with van der Waals surface area (Å²) in [4.78, 5) is 38.8. The van der Waals surface area contributed by atoms with Gasteiger partial charge in [0.05, 0.1) is 28.2 Å². The Bertz CT molecular complexity index is 944. The van der Waals surface area contributed by atoms with Crippen molar-refractivity contribution in [3.05, 3.63) is 45.0 Å². The SMILES string of the molecule is CC(C)C(C)(C#N)NC(=O)Cn1cnc2cc([N+](=O)[O-])ccc2c1=O. The van der Waals surface area contributed by atoms with Crippen LogP contribution in [0, 0.1) is 27.4 Å².